The van der Waals surface area contributed by atoms with Crippen LogP contribution in [0.4, 0.5) is 5.69 Å². The summed E-state index contributed by atoms with van der Waals surface area (Å²) in [6, 6.07) is 3.41. The maximum absolute atomic E-state index is 11.9. The molecule has 0 fully saturated rings. The second kappa shape index (κ2) is 5.90. The number of hydrogen-bond donors (Lipinski definition) is 4. The molecule has 0 saturated heterocycles. The molecule has 6 nitrogen and oxygen atoms in total. The zero-order valence-corrected chi connectivity index (χ0v) is 10.4. The fraction of sp³-hybridized carbons (Fsp3) is 0.333. The molecule has 6 heteroatoms. The summed E-state index contributed by atoms with van der Waals surface area (Å²) in [6.07, 6.45) is 0. The minimum atomic E-state index is -0.667. The largest absolute Gasteiger partial charge is 0.508 e. The molecule has 98 valence electrons. The van der Waals surface area contributed by atoms with Crippen molar-refractivity contribution in [1.29, 1.82) is 0 Å². The molecular formula is C12H17N3O3. The number of phenolic OH excluding ortho intramolecular Hbond substituents is 1. The van der Waals surface area contributed by atoms with Gasteiger partial charge in [0.25, 0.3) is 5.91 Å². The highest BCUT2D eigenvalue weighted by Crippen LogP contribution is 2.18. The van der Waals surface area contributed by atoms with Gasteiger partial charge in [-0.2, -0.15) is 0 Å². The van der Waals surface area contributed by atoms with Crippen LogP contribution >= 0.6 is 0 Å². The Hall–Kier alpha value is -2.24. The van der Waals surface area contributed by atoms with Gasteiger partial charge in [-0.1, -0.05) is 0 Å². The molecule has 1 aromatic rings. The van der Waals surface area contributed by atoms with E-state index in [-0.39, 0.29) is 22.9 Å². The SMILES string of the molecule is CCNC(=O)C(C)NC(=O)c1cc(O)ccc1N. The van der Waals surface area contributed by atoms with Crippen molar-refractivity contribution in [1.82, 2.24) is 10.6 Å². The number of amides is 2. The Kier molecular flexibility index (Phi) is 4.53. The van der Waals surface area contributed by atoms with E-state index in [1.54, 1.807) is 13.8 Å². The summed E-state index contributed by atoms with van der Waals surface area (Å²) < 4.78 is 0. The molecule has 0 saturated carbocycles. The minimum Gasteiger partial charge on any atom is -0.508 e. The molecule has 2 amide bonds. The summed E-state index contributed by atoms with van der Waals surface area (Å²) in [6.45, 7) is 3.86. The number of carbonyl (C=O) groups excluding carboxylic acids is 2. The van der Waals surface area contributed by atoms with Crippen molar-refractivity contribution in [3.63, 3.8) is 0 Å². The molecule has 0 aromatic heterocycles. The molecule has 0 aliphatic heterocycles. The van der Waals surface area contributed by atoms with Crippen LogP contribution in [0.1, 0.15) is 24.2 Å². The van der Waals surface area contributed by atoms with Crippen molar-refractivity contribution < 1.29 is 14.7 Å². The van der Waals surface area contributed by atoms with Crippen LogP contribution in [0.3, 0.4) is 0 Å². The first-order chi connectivity index (χ1) is 8.45. The maximum atomic E-state index is 11.9. The van der Waals surface area contributed by atoms with E-state index < -0.39 is 11.9 Å². The van der Waals surface area contributed by atoms with Crippen LogP contribution in [0.25, 0.3) is 0 Å². The molecule has 0 aliphatic rings. The van der Waals surface area contributed by atoms with Crippen LogP contribution in [0, 0.1) is 0 Å². The molecule has 0 heterocycles. The Morgan fingerprint density at radius 1 is 1.44 bits per heavy atom. The lowest BCUT2D eigenvalue weighted by Crippen LogP contribution is -2.44. The Balaban J connectivity index is 2.76. The molecule has 0 radical (unpaired) electrons. The van der Waals surface area contributed by atoms with Crippen LogP contribution in [0.2, 0.25) is 0 Å². The number of carbonyl (C=O) groups is 2. The number of aromatic hydroxyl groups is 1. The summed E-state index contributed by atoms with van der Waals surface area (Å²) in [4.78, 5) is 23.3. The van der Waals surface area contributed by atoms with Gasteiger partial charge in [0.1, 0.15) is 11.8 Å². The monoisotopic (exact) mass is 251 g/mol. The van der Waals surface area contributed by atoms with Crippen molar-refractivity contribution in [3.8, 4) is 5.75 Å². The van der Waals surface area contributed by atoms with Crippen molar-refractivity contribution in [2.75, 3.05) is 12.3 Å². The molecule has 1 rings (SSSR count). The van der Waals surface area contributed by atoms with E-state index in [1.807, 2.05) is 0 Å². The molecule has 1 unspecified atom stereocenters. The molecule has 1 aromatic carbocycles. The number of nitrogens with one attached hydrogen (secondary N) is 2. The highest BCUT2D eigenvalue weighted by Gasteiger charge is 2.17. The van der Waals surface area contributed by atoms with E-state index in [4.69, 9.17) is 5.73 Å². The number of anilines is 1. The van der Waals surface area contributed by atoms with Crippen LogP contribution in [0.15, 0.2) is 18.2 Å². The van der Waals surface area contributed by atoms with E-state index in [2.05, 4.69) is 10.6 Å². The van der Waals surface area contributed by atoms with Crippen LogP contribution in [-0.2, 0) is 4.79 Å². The Morgan fingerprint density at radius 3 is 2.72 bits per heavy atom. The van der Waals surface area contributed by atoms with Gasteiger partial charge in [0.2, 0.25) is 5.91 Å². The molecule has 1 atom stereocenters. The van der Waals surface area contributed by atoms with Crippen molar-refractivity contribution >= 4 is 17.5 Å². The first kappa shape index (κ1) is 13.8. The standard InChI is InChI=1S/C12H17N3O3/c1-3-14-11(17)7(2)15-12(18)9-6-8(16)4-5-10(9)13/h4-7,16H,3,13H2,1-2H3,(H,14,17)(H,15,18). The Morgan fingerprint density at radius 2 is 2.11 bits per heavy atom. The van der Waals surface area contributed by atoms with Gasteiger partial charge in [-0.15, -0.1) is 0 Å². The third-order valence-corrected chi connectivity index (χ3v) is 2.37. The highest BCUT2D eigenvalue weighted by molar-refractivity contribution is 6.01. The number of likely N-dealkylation sites (N-methyl/N-ethyl adjacent to an activating group) is 1. The zero-order valence-electron chi connectivity index (χ0n) is 10.4. The Bertz CT molecular complexity index is 460. The Labute approximate surface area is 105 Å². The number of rotatable bonds is 4. The lowest BCUT2D eigenvalue weighted by Gasteiger charge is -2.14. The van der Waals surface area contributed by atoms with E-state index in [9.17, 15) is 14.7 Å². The summed E-state index contributed by atoms with van der Waals surface area (Å²) in [7, 11) is 0. The lowest BCUT2D eigenvalue weighted by molar-refractivity contribution is -0.122. The molecule has 0 bridgehead atoms. The third-order valence-electron chi connectivity index (χ3n) is 2.37. The van der Waals surface area contributed by atoms with Crippen LogP contribution in [0.5, 0.6) is 5.75 Å². The summed E-state index contributed by atoms with van der Waals surface area (Å²) in [5.41, 5.74) is 6.02. The first-order valence-corrected chi connectivity index (χ1v) is 5.62. The summed E-state index contributed by atoms with van der Waals surface area (Å²) in [5.74, 6) is -0.827. The minimum absolute atomic E-state index is 0.0555. The maximum Gasteiger partial charge on any atom is 0.254 e. The van der Waals surface area contributed by atoms with Gasteiger partial charge in [0.15, 0.2) is 0 Å². The second-order valence-corrected chi connectivity index (χ2v) is 3.86. The lowest BCUT2D eigenvalue weighted by atomic mass is 10.1. The molecule has 0 aliphatic carbocycles. The van der Waals surface area contributed by atoms with E-state index in [1.165, 1.54) is 18.2 Å². The first-order valence-electron chi connectivity index (χ1n) is 5.62. The van der Waals surface area contributed by atoms with Gasteiger partial charge in [0, 0.05) is 12.2 Å². The fourth-order valence-electron chi connectivity index (χ4n) is 1.41. The van der Waals surface area contributed by atoms with E-state index >= 15 is 0 Å². The zero-order chi connectivity index (χ0) is 13.7. The molecule has 5 N–H and O–H groups in total. The number of hydrogen-bond acceptors (Lipinski definition) is 4. The van der Waals surface area contributed by atoms with Gasteiger partial charge >= 0.3 is 0 Å². The number of phenols is 1. The average Bonchev–Trinajstić information content (AvgIpc) is 2.32. The quantitative estimate of drug-likeness (QED) is 0.454. The third kappa shape index (κ3) is 3.38. The topological polar surface area (TPSA) is 104 Å². The summed E-state index contributed by atoms with van der Waals surface area (Å²) in [5, 5.41) is 14.4. The number of nitrogens with two attached hydrogens (primary N) is 1. The van der Waals surface area contributed by atoms with Crippen LogP contribution < -0.4 is 16.4 Å². The summed E-state index contributed by atoms with van der Waals surface area (Å²) >= 11 is 0. The normalized spacial score (nSPS) is 11.7. The molecular weight excluding hydrogens is 234 g/mol. The second-order valence-electron chi connectivity index (χ2n) is 3.86. The fourth-order valence-corrected chi connectivity index (χ4v) is 1.41. The van der Waals surface area contributed by atoms with Gasteiger partial charge in [-0.05, 0) is 32.0 Å². The smallest absolute Gasteiger partial charge is 0.254 e. The predicted molar refractivity (Wildman–Crippen MR) is 68.1 cm³/mol. The highest BCUT2D eigenvalue weighted by atomic mass is 16.3. The van der Waals surface area contributed by atoms with Crippen molar-refractivity contribution in [3.05, 3.63) is 23.8 Å². The average molecular weight is 251 g/mol. The predicted octanol–water partition coefficient (Wildman–Crippen LogP) is 0.229. The van der Waals surface area contributed by atoms with Crippen molar-refractivity contribution in [2.45, 2.75) is 19.9 Å². The van der Waals surface area contributed by atoms with Gasteiger partial charge < -0.3 is 21.5 Å². The van der Waals surface area contributed by atoms with Crippen molar-refractivity contribution in [2.24, 2.45) is 0 Å². The van der Waals surface area contributed by atoms with Crippen LogP contribution in [-0.4, -0.2) is 29.5 Å². The van der Waals surface area contributed by atoms with E-state index in [0.717, 1.165) is 0 Å². The van der Waals surface area contributed by atoms with E-state index in [0.29, 0.717) is 6.54 Å². The number of benzene rings is 1. The van der Waals surface area contributed by atoms with Gasteiger partial charge in [-0.3, -0.25) is 9.59 Å². The number of nitrogen functional groups attached to an aromatic ring is 1. The van der Waals surface area contributed by atoms with Gasteiger partial charge in [0.05, 0.1) is 5.56 Å². The molecule has 0 spiro atoms. The van der Waals surface area contributed by atoms with Gasteiger partial charge in [-0.25, -0.2) is 0 Å². The molecule has 18 heavy (non-hydrogen) atoms.